The Balaban J connectivity index is 1.89. The quantitative estimate of drug-likeness (QED) is 0.724. The van der Waals surface area contributed by atoms with E-state index in [1.807, 2.05) is 13.8 Å². The second kappa shape index (κ2) is 5.55. The van der Waals surface area contributed by atoms with E-state index in [1.165, 1.54) is 0 Å². The number of nitrogens with one attached hydrogen (secondary N) is 1. The molecule has 3 heterocycles. The molecule has 0 saturated carbocycles. The van der Waals surface area contributed by atoms with Gasteiger partial charge in [0, 0.05) is 31.7 Å². The molecule has 3 rings (SSSR count). The van der Waals surface area contributed by atoms with E-state index in [0.717, 1.165) is 56.2 Å². The summed E-state index contributed by atoms with van der Waals surface area (Å²) in [6.45, 7) is 7.60. The summed E-state index contributed by atoms with van der Waals surface area (Å²) in [4.78, 5) is 13.5. The van der Waals surface area contributed by atoms with Crippen molar-refractivity contribution < 1.29 is 5.11 Å². The highest BCUT2D eigenvalue weighted by atomic mass is 16.3. The van der Waals surface area contributed by atoms with Gasteiger partial charge in [-0.1, -0.05) is 0 Å². The number of piperazine rings is 1. The molecule has 0 amide bonds. The van der Waals surface area contributed by atoms with E-state index in [0.29, 0.717) is 0 Å². The molecule has 2 aliphatic heterocycles. The van der Waals surface area contributed by atoms with Crippen LogP contribution in [0.25, 0.3) is 0 Å². The average molecular weight is 306 g/mol. The molecular formula is C15H26N6O. The Labute approximate surface area is 131 Å². The van der Waals surface area contributed by atoms with Crippen LogP contribution < -0.4 is 16.0 Å². The molecule has 2 aliphatic rings. The van der Waals surface area contributed by atoms with Gasteiger partial charge >= 0.3 is 0 Å². The Morgan fingerprint density at radius 1 is 1.23 bits per heavy atom. The molecule has 7 nitrogen and oxygen atoms in total. The number of fused-ring (bicyclic) bond motifs is 1. The monoisotopic (exact) mass is 306 g/mol. The predicted octanol–water partition coefficient (Wildman–Crippen LogP) is 0.308. The Morgan fingerprint density at radius 2 is 1.91 bits per heavy atom. The van der Waals surface area contributed by atoms with Crippen LogP contribution in [0.2, 0.25) is 0 Å². The van der Waals surface area contributed by atoms with E-state index >= 15 is 0 Å². The normalized spacial score (nSPS) is 23.1. The maximum atomic E-state index is 10.2. The van der Waals surface area contributed by atoms with E-state index in [9.17, 15) is 5.11 Å². The van der Waals surface area contributed by atoms with Crippen LogP contribution in [0.5, 0.6) is 0 Å². The zero-order chi connectivity index (χ0) is 15.9. The zero-order valence-electron chi connectivity index (χ0n) is 13.6. The van der Waals surface area contributed by atoms with Crippen molar-refractivity contribution in [2.75, 3.05) is 49.2 Å². The minimum atomic E-state index is -0.786. The Kier molecular flexibility index (Phi) is 3.86. The van der Waals surface area contributed by atoms with Crippen molar-refractivity contribution in [3.63, 3.8) is 0 Å². The topological polar surface area (TPSA) is 90.5 Å². The number of nitrogens with two attached hydrogens (primary N) is 1. The van der Waals surface area contributed by atoms with Gasteiger partial charge in [0.2, 0.25) is 5.95 Å². The summed E-state index contributed by atoms with van der Waals surface area (Å²) in [5, 5.41) is 13.6. The standard InChI is InChI=1S/C15H26N6O/c1-15(2,22)11-5-4-10-12(17-11)18-14(16)19-13(10)21-8-6-20(3)7-9-21/h11,22H,4-9H2,1-3H3,(H3,16,17,18,19). The molecule has 1 unspecified atom stereocenters. The van der Waals surface area contributed by atoms with Gasteiger partial charge in [0.05, 0.1) is 11.6 Å². The smallest absolute Gasteiger partial charge is 0.223 e. The van der Waals surface area contributed by atoms with Gasteiger partial charge in [0.25, 0.3) is 0 Å². The fourth-order valence-electron chi connectivity index (χ4n) is 3.17. The molecule has 122 valence electrons. The number of anilines is 3. The van der Waals surface area contributed by atoms with E-state index in [4.69, 9.17) is 5.73 Å². The lowest BCUT2D eigenvalue weighted by Crippen LogP contribution is -2.47. The lowest BCUT2D eigenvalue weighted by Gasteiger charge is -2.38. The molecule has 1 saturated heterocycles. The predicted molar refractivity (Wildman–Crippen MR) is 88.2 cm³/mol. The van der Waals surface area contributed by atoms with Gasteiger partial charge in [-0.05, 0) is 33.7 Å². The molecular weight excluding hydrogens is 280 g/mol. The van der Waals surface area contributed by atoms with Gasteiger partial charge in [-0.2, -0.15) is 9.97 Å². The maximum absolute atomic E-state index is 10.2. The molecule has 1 aromatic heterocycles. The molecule has 4 N–H and O–H groups in total. The van der Waals surface area contributed by atoms with Gasteiger partial charge in [0.1, 0.15) is 11.6 Å². The van der Waals surface area contributed by atoms with Crippen molar-refractivity contribution in [2.24, 2.45) is 0 Å². The van der Waals surface area contributed by atoms with E-state index < -0.39 is 5.60 Å². The van der Waals surface area contributed by atoms with Crippen LogP contribution in [0.1, 0.15) is 25.8 Å². The third-order valence-corrected chi connectivity index (χ3v) is 4.65. The van der Waals surface area contributed by atoms with Gasteiger partial charge in [-0.3, -0.25) is 0 Å². The molecule has 1 atom stereocenters. The Morgan fingerprint density at radius 3 is 2.55 bits per heavy atom. The first-order valence-electron chi connectivity index (χ1n) is 7.93. The molecule has 0 spiro atoms. The number of hydrogen-bond acceptors (Lipinski definition) is 7. The summed E-state index contributed by atoms with van der Waals surface area (Å²) >= 11 is 0. The molecule has 7 heteroatoms. The number of likely N-dealkylation sites (N-methyl/N-ethyl adjacent to an activating group) is 1. The largest absolute Gasteiger partial charge is 0.388 e. The van der Waals surface area contributed by atoms with Crippen LogP contribution in [-0.2, 0) is 6.42 Å². The van der Waals surface area contributed by atoms with Crippen molar-refractivity contribution in [3.05, 3.63) is 5.56 Å². The summed E-state index contributed by atoms with van der Waals surface area (Å²) in [7, 11) is 2.14. The minimum Gasteiger partial charge on any atom is -0.388 e. The van der Waals surface area contributed by atoms with Gasteiger partial charge < -0.3 is 26.0 Å². The van der Waals surface area contributed by atoms with Crippen LogP contribution in [0.3, 0.4) is 0 Å². The summed E-state index contributed by atoms with van der Waals surface area (Å²) in [6.07, 6.45) is 1.73. The van der Waals surface area contributed by atoms with Gasteiger partial charge in [-0.25, -0.2) is 0 Å². The first-order chi connectivity index (χ1) is 10.3. The highest BCUT2D eigenvalue weighted by Crippen LogP contribution is 2.34. The maximum Gasteiger partial charge on any atom is 0.223 e. The van der Waals surface area contributed by atoms with Gasteiger partial charge in [0.15, 0.2) is 0 Å². The SMILES string of the molecule is CN1CCN(c2nc(N)nc3c2CCC(C(C)(C)O)N3)CC1. The fraction of sp³-hybridized carbons (Fsp3) is 0.733. The van der Waals surface area contributed by atoms with Crippen molar-refractivity contribution in [1.29, 1.82) is 0 Å². The second-order valence-corrected chi connectivity index (χ2v) is 6.91. The van der Waals surface area contributed by atoms with Crippen LogP contribution in [-0.4, -0.2) is 64.8 Å². The second-order valence-electron chi connectivity index (χ2n) is 6.91. The number of nitrogen functional groups attached to an aromatic ring is 1. The molecule has 0 aromatic carbocycles. The van der Waals surface area contributed by atoms with Crippen LogP contribution in [0, 0.1) is 0 Å². The average Bonchev–Trinajstić information content (AvgIpc) is 2.45. The molecule has 1 fully saturated rings. The Bertz CT molecular complexity index is 548. The first-order valence-corrected chi connectivity index (χ1v) is 7.93. The zero-order valence-corrected chi connectivity index (χ0v) is 13.6. The number of rotatable bonds is 2. The van der Waals surface area contributed by atoms with Crippen LogP contribution in [0.4, 0.5) is 17.6 Å². The van der Waals surface area contributed by atoms with Gasteiger partial charge in [-0.15, -0.1) is 0 Å². The number of aromatic nitrogens is 2. The van der Waals surface area contributed by atoms with E-state index in [2.05, 4.69) is 32.1 Å². The fourth-order valence-corrected chi connectivity index (χ4v) is 3.17. The lowest BCUT2D eigenvalue weighted by molar-refractivity contribution is 0.0551. The summed E-state index contributed by atoms with van der Waals surface area (Å²) < 4.78 is 0. The highest BCUT2D eigenvalue weighted by Gasteiger charge is 2.33. The molecule has 22 heavy (non-hydrogen) atoms. The molecule has 0 radical (unpaired) electrons. The van der Waals surface area contributed by atoms with E-state index in [-0.39, 0.29) is 12.0 Å². The highest BCUT2D eigenvalue weighted by molar-refractivity contribution is 5.63. The molecule has 0 aliphatic carbocycles. The summed E-state index contributed by atoms with van der Waals surface area (Å²) in [5.74, 6) is 2.02. The van der Waals surface area contributed by atoms with E-state index in [1.54, 1.807) is 0 Å². The van der Waals surface area contributed by atoms with Crippen LogP contribution in [0.15, 0.2) is 0 Å². The minimum absolute atomic E-state index is 0.0189. The number of hydrogen-bond donors (Lipinski definition) is 3. The molecule has 1 aromatic rings. The van der Waals surface area contributed by atoms with Crippen molar-refractivity contribution in [2.45, 2.75) is 38.3 Å². The van der Waals surface area contributed by atoms with Crippen molar-refractivity contribution in [3.8, 4) is 0 Å². The van der Waals surface area contributed by atoms with Crippen LogP contribution >= 0.6 is 0 Å². The third kappa shape index (κ3) is 2.96. The Hall–Kier alpha value is -1.60. The van der Waals surface area contributed by atoms with Crippen molar-refractivity contribution >= 4 is 17.6 Å². The summed E-state index contributed by atoms with van der Waals surface area (Å²) in [6, 6.07) is -0.0189. The number of nitrogens with zero attached hydrogens (tertiary/aromatic N) is 4. The lowest BCUT2D eigenvalue weighted by atomic mass is 9.90. The molecule has 0 bridgehead atoms. The van der Waals surface area contributed by atoms with Crippen molar-refractivity contribution in [1.82, 2.24) is 14.9 Å². The first kappa shape index (κ1) is 15.3. The summed E-state index contributed by atoms with van der Waals surface area (Å²) in [5.41, 5.74) is 6.25. The third-order valence-electron chi connectivity index (χ3n) is 4.65. The number of aliphatic hydroxyl groups is 1.